The molecule has 1 atom stereocenters. The van der Waals surface area contributed by atoms with Gasteiger partial charge in [-0.1, -0.05) is 30.7 Å². The molecule has 0 fully saturated rings. The molecular weight excluding hydrogens is 277 g/mol. The molecule has 0 bridgehead atoms. The maximum absolute atomic E-state index is 14.0. The van der Waals surface area contributed by atoms with Crippen molar-refractivity contribution in [3.05, 3.63) is 57.8 Å². The van der Waals surface area contributed by atoms with E-state index < -0.39 is 0 Å². The second-order valence-corrected chi connectivity index (χ2v) is 5.30. The molecule has 1 unspecified atom stereocenters. The highest BCUT2D eigenvalue weighted by atomic mass is 35.5. The molecule has 0 saturated carbocycles. The van der Waals surface area contributed by atoms with Crippen LogP contribution in [0.4, 0.5) is 4.39 Å². The van der Waals surface area contributed by atoms with Gasteiger partial charge < -0.3 is 9.73 Å². The van der Waals surface area contributed by atoms with Gasteiger partial charge in [-0.3, -0.25) is 0 Å². The van der Waals surface area contributed by atoms with E-state index in [9.17, 15) is 4.39 Å². The van der Waals surface area contributed by atoms with Crippen molar-refractivity contribution in [1.82, 2.24) is 5.32 Å². The van der Waals surface area contributed by atoms with Gasteiger partial charge in [0, 0.05) is 11.6 Å². The van der Waals surface area contributed by atoms with Crippen LogP contribution < -0.4 is 5.32 Å². The highest BCUT2D eigenvalue weighted by molar-refractivity contribution is 6.30. The van der Waals surface area contributed by atoms with E-state index >= 15 is 0 Å². The van der Waals surface area contributed by atoms with Crippen molar-refractivity contribution in [2.24, 2.45) is 0 Å². The van der Waals surface area contributed by atoms with Crippen LogP contribution in [-0.2, 0) is 6.42 Å². The van der Waals surface area contributed by atoms with Crippen LogP contribution >= 0.6 is 11.6 Å². The highest BCUT2D eigenvalue weighted by Gasteiger charge is 2.19. The molecule has 20 heavy (non-hydrogen) atoms. The fourth-order valence-corrected chi connectivity index (χ4v) is 2.66. The molecule has 4 heteroatoms. The van der Waals surface area contributed by atoms with Crippen LogP contribution in [0, 0.1) is 19.7 Å². The minimum Gasteiger partial charge on any atom is -0.466 e. The number of rotatable bonds is 5. The van der Waals surface area contributed by atoms with Gasteiger partial charge in [0.2, 0.25) is 0 Å². The van der Waals surface area contributed by atoms with Crippen molar-refractivity contribution in [3.63, 3.8) is 0 Å². The normalized spacial score (nSPS) is 12.7. The Bertz CT molecular complexity index is 594. The minimum atomic E-state index is -0.338. The Kier molecular flexibility index (Phi) is 4.84. The summed E-state index contributed by atoms with van der Waals surface area (Å²) >= 11 is 5.84. The number of aryl methyl sites for hydroxylation is 2. The van der Waals surface area contributed by atoms with Gasteiger partial charge in [0.05, 0.1) is 5.02 Å². The first-order valence-electron chi connectivity index (χ1n) is 6.76. The summed E-state index contributed by atoms with van der Waals surface area (Å²) in [6.45, 7) is 6.68. The van der Waals surface area contributed by atoms with Gasteiger partial charge in [-0.2, -0.15) is 0 Å². The molecule has 1 aromatic heterocycles. The zero-order valence-corrected chi connectivity index (χ0v) is 12.7. The number of halogens is 2. The van der Waals surface area contributed by atoms with E-state index in [2.05, 4.69) is 5.32 Å². The molecule has 0 spiro atoms. The van der Waals surface area contributed by atoms with Gasteiger partial charge in [0.25, 0.3) is 0 Å². The molecule has 2 nitrogen and oxygen atoms in total. The molecule has 0 saturated heterocycles. The predicted octanol–water partition coefficient (Wildman–Crippen LogP) is 4.58. The first-order chi connectivity index (χ1) is 9.52. The Morgan fingerprint density at radius 3 is 2.70 bits per heavy atom. The lowest BCUT2D eigenvalue weighted by atomic mass is 9.98. The first-order valence-corrected chi connectivity index (χ1v) is 7.14. The fourth-order valence-electron chi connectivity index (χ4n) is 2.46. The van der Waals surface area contributed by atoms with Gasteiger partial charge >= 0.3 is 0 Å². The zero-order chi connectivity index (χ0) is 14.7. The molecule has 0 amide bonds. The first kappa shape index (κ1) is 15.1. The van der Waals surface area contributed by atoms with Crippen molar-refractivity contribution >= 4 is 11.6 Å². The topological polar surface area (TPSA) is 25.2 Å². The van der Waals surface area contributed by atoms with Crippen molar-refractivity contribution < 1.29 is 8.81 Å². The molecule has 1 heterocycles. The Hall–Kier alpha value is -1.32. The van der Waals surface area contributed by atoms with Gasteiger partial charge in [0.1, 0.15) is 17.3 Å². The van der Waals surface area contributed by atoms with Crippen LogP contribution in [0.3, 0.4) is 0 Å². The third kappa shape index (κ3) is 3.22. The van der Waals surface area contributed by atoms with E-state index in [1.807, 2.05) is 26.8 Å². The smallest absolute Gasteiger partial charge is 0.145 e. The number of hydrogen-bond acceptors (Lipinski definition) is 2. The maximum Gasteiger partial charge on any atom is 0.145 e. The summed E-state index contributed by atoms with van der Waals surface area (Å²) in [7, 11) is 0. The highest BCUT2D eigenvalue weighted by Crippen LogP contribution is 2.27. The van der Waals surface area contributed by atoms with Crippen molar-refractivity contribution in [3.8, 4) is 0 Å². The van der Waals surface area contributed by atoms with Gasteiger partial charge in [-0.05, 0) is 44.5 Å². The molecule has 0 aliphatic heterocycles. The van der Waals surface area contributed by atoms with E-state index in [0.717, 1.165) is 23.6 Å². The summed E-state index contributed by atoms with van der Waals surface area (Å²) in [4.78, 5) is 0. The van der Waals surface area contributed by atoms with E-state index in [1.165, 1.54) is 0 Å². The van der Waals surface area contributed by atoms with Gasteiger partial charge in [0.15, 0.2) is 0 Å². The largest absolute Gasteiger partial charge is 0.466 e. The number of furan rings is 1. The number of benzene rings is 1. The Morgan fingerprint density at radius 1 is 1.35 bits per heavy atom. The van der Waals surface area contributed by atoms with Gasteiger partial charge in [-0.15, -0.1) is 0 Å². The van der Waals surface area contributed by atoms with Gasteiger partial charge in [-0.25, -0.2) is 4.39 Å². The molecule has 1 aromatic carbocycles. The standard InChI is InChI=1S/C16H19ClFNO/c1-4-19-15(13-8-10(2)20-11(13)3)9-12-6-5-7-14(17)16(12)18/h5-8,15,19H,4,9H2,1-3H3. The molecule has 0 radical (unpaired) electrons. The Labute approximate surface area is 123 Å². The lowest BCUT2D eigenvalue weighted by Crippen LogP contribution is -2.23. The molecule has 108 valence electrons. The molecular formula is C16H19ClFNO. The second kappa shape index (κ2) is 6.42. The summed E-state index contributed by atoms with van der Waals surface area (Å²) in [5.74, 6) is 1.40. The number of likely N-dealkylation sites (N-methyl/N-ethyl adjacent to an activating group) is 1. The number of hydrogen-bond donors (Lipinski definition) is 1. The summed E-state index contributed by atoms with van der Waals surface area (Å²) in [6, 6.07) is 7.14. The fraction of sp³-hybridized carbons (Fsp3) is 0.375. The predicted molar refractivity (Wildman–Crippen MR) is 79.7 cm³/mol. The monoisotopic (exact) mass is 295 g/mol. The quantitative estimate of drug-likeness (QED) is 0.873. The Balaban J connectivity index is 2.30. The minimum absolute atomic E-state index is 0.0189. The van der Waals surface area contributed by atoms with Crippen LogP contribution in [0.15, 0.2) is 28.7 Å². The Morgan fingerprint density at radius 2 is 2.10 bits per heavy atom. The van der Waals surface area contributed by atoms with Crippen molar-refractivity contribution in [1.29, 1.82) is 0 Å². The lowest BCUT2D eigenvalue weighted by molar-refractivity contribution is 0.481. The van der Waals surface area contributed by atoms with Crippen LogP contribution in [0.5, 0.6) is 0 Å². The zero-order valence-electron chi connectivity index (χ0n) is 12.0. The molecule has 0 aliphatic rings. The second-order valence-electron chi connectivity index (χ2n) is 4.90. The van der Waals surface area contributed by atoms with Crippen molar-refractivity contribution in [2.45, 2.75) is 33.2 Å². The molecule has 0 aliphatic carbocycles. The third-order valence-corrected chi connectivity index (χ3v) is 3.65. The average Bonchev–Trinajstić information content (AvgIpc) is 2.73. The molecule has 2 rings (SSSR count). The van der Waals surface area contributed by atoms with Crippen LogP contribution in [0.25, 0.3) is 0 Å². The van der Waals surface area contributed by atoms with Crippen molar-refractivity contribution in [2.75, 3.05) is 6.54 Å². The third-order valence-electron chi connectivity index (χ3n) is 3.36. The molecule has 1 N–H and O–H groups in total. The van der Waals surface area contributed by atoms with E-state index in [1.54, 1.807) is 18.2 Å². The summed E-state index contributed by atoms with van der Waals surface area (Å²) < 4.78 is 19.6. The SMILES string of the molecule is CCNC(Cc1cccc(Cl)c1F)c1cc(C)oc1C. The van der Waals surface area contributed by atoms with Crippen LogP contribution in [0.2, 0.25) is 5.02 Å². The number of nitrogens with one attached hydrogen (secondary N) is 1. The maximum atomic E-state index is 14.0. The van der Waals surface area contributed by atoms with E-state index in [4.69, 9.17) is 16.0 Å². The van der Waals surface area contributed by atoms with E-state index in [0.29, 0.717) is 12.0 Å². The lowest BCUT2D eigenvalue weighted by Gasteiger charge is -2.18. The van der Waals surface area contributed by atoms with Crippen LogP contribution in [0.1, 0.15) is 35.6 Å². The summed E-state index contributed by atoms with van der Waals surface area (Å²) in [5, 5.41) is 3.54. The van der Waals surface area contributed by atoms with E-state index in [-0.39, 0.29) is 16.9 Å². The summed E-state index contributed by atoms with van der Waals surface area (Å²) in [5.41, 5.74) is 1.69. The average molecular weight is 296 g/mol. The summed E-state index contributed by atoms with van der Waals surface area (Å²) in [6.07, 6.45) is 0.542. The molecule has 2 aromatic rings. The van der Waals surface area contributed by atoms with Crippen LogP contribution in [-0.4, -0.2) is 6.54 Å².